The highest BCUT2D eigenvalue weighted by atomic mass is 35.5. The Balaban J connectivity index is 1.59. The molecule has 1 aromatic heterocycles. The molecule has 0 radical (unpaired) electrons. The monoisotopic (exact) mass is 486 g/mol. The quantitative estimate of drug-likeness (QED) is 0.352. The molecule has 0 atom stereocenters. The molecule has 0 spiro atoms. The van der Waals surface area contributed by atoms with Crippen molar-refractivity contribution in [1.82, 2.24) is 9.71 Å². The number of sulfonamides is 1. The lowest BCUT2D eigenvalue weighted by atomic mass is 10.2. The molecular weight excluding hydrogens is 467 g/mol. The molecule has 4 aromatic rings. The van der Waals surface area contributed by atoms with Gasteiger partial charge in [-0.1, -0.05) is 71.7 Å². The molecule has 0 fully saturated rings. The topological polar surface area (TPSA) is 68.3 Å². The Hall–Kier alpha value is -2.64. The summed E-state index contributed by atoms with van der Waals surface area (Å²) < 4.78 is 34.3. The summed E-state index contributed by atoms with van der Waals surface area (Å²) in [6.07, 6.45) is 0. The molecule has 8 heteroatoms. The van der Waals surface area contributed by atoms with Crippen LogP contribution in [0.15, 0.2) is 77.7 Å². The van der Waals surface area contributed by atoms with Crippen LogP contribution in [-0.4, -0.2) is 13.4 Å². The zero-order chi connectivity index (χ0) is 22.7. The third-order valence-corrected chi connectivity index (χ3v) is 7.29. The van der Waals surface area contributed by atoms with Crippen molar-refractivity contribution in [3.05, 3.63) is 99.7 Å². The summed E-state index contributed by atoms with van der Waals surface area (Å²) in [5.74, 6) is 0.564. The van der Waals surface area contributed by atoms with E-state index in [1.54, 1.807) is 6.07 Å². The largest absolute Gasteiger partial charge is 0.487 e. The van der Waals surface area contributed by atoms with Crippen LogP contribution in [0.3, 0.4) is 0 Å². The molecule has 3 aromatic carbocycles. The maximum atomic E-state index is 12.9. The molecule has 0 aliphatic carbocycles. The average Bonchev–Trinajstić information content (AvgIpc) is 2.78. The number of nitrogens with one attached hydrogen (secondary N) is 1. The van der Waals surface area contributed by atoms with Gasteiger partial charge < -0.3 is 4.74 Å². The van der Waals surface area contributed by atoms with Crippen LogP contribution in [0.25, 0.3) is 10.9 Å². The molecule has 0 unspecified atom stereocenters. The first-order valence-electron chi connectivity index (χ1n) is 9.85. The van der Waals surface area contributed by atoms with Crippen LogP contribution in [0.1, 0.15) is 16.8 Å². The second kappa shape index (κ2) is 9.46. The van der Waals surface area contributed by atoms with E-state index in [-0.39, 0.29) is 23.1 Å². The standard InChI is InChI=1S/C24H20Cl2N2O3S/c1-16-10-11-18-8-5-9-21(24(18)28-16)31-15-19-20(25)12-13-22(23(19)26)32(29,30)27-14-17-6-3-2-4-7-17/h2-13,27H,14-15H2,1H3. The van der Waals surface area contributed by atoms with Gasteiger partial charge in [0.25, 0.3) is 0 Å². The minimum Gasteiger partial charge on any atom is -0.487 e. The highest BCUT2D eigenvalue weighted by Crippen LogP contribution is 2.33. The molecule has 1 N–H and O–H groups in total. The fourth-order valence-corrected chi connectivity index (χ4v) is 5.15. The van der Waals surface area contributed by atoms with Crippen LogP contribution >= 0.6 is 23.2 Å². The summed E-state index contributed by atoms with van der Waals surface area (Å²) in [5, 5.41) is 1.29. The molecule has 32 heavy (non-hydrogen) atoms. The molecule has 4 rings (SSSR count). The van der Waals surface area contributed by atoms with Crippen LogP contribution in [0.5, 0.6) is 5.75 Å². The van der Waals surface area contributed by atoms with E-state index in [1.165, 1.54) is 12.1 Å². The Bertz CT molecular complexity index is 1380. The van der Waals surface area contributed by atoms with E-state index in [1.807, 2.05) is 61.5 Å². The van der Waals surface area contributed by atoms with Gasteiger partial charge in [-0.05, 0) is 36.8 Å². The van der Waals surface area contributed by atoms with Crippen LogP contribution < -0.4 is 9.46 Å². The van der Waals surface area contributed by atoms with Crippen molar-refractivity contribution in [3.63, 3.8) is 0 Å². The Morgan fingerprint density at radius 3 is 2.50 bits per heavy atom. The normalized spacial score (nSPS) is 11.6. The molecule has 0 amide bonds. The number of aromatic nitrogens is 1. The molecule has 5 nitrogen and oxygen atoms in total. The van der Waals surface area contributed by atoms with Gasteiger partial charge >= 0.3 is 0 Å². The van der Waals surface area contributed by atoms with Gasteiger partial charge in [-0.2, -0.15) is 0 Å². The van der Waals surface area contributed by atoms with Crippen molar-refractivity contribution < 1.29 is 13.2 Å². The third-order valence-electron chi connectivity index (χ3n) is 4.94. The van der Waals surface area contributed by atoms with Crippen molar-refractivity contribution in [2.24, 2.45) is 0 Å². The zero-order valence-corrected chi connectivity index (χ0v) is 19.5. The number of hydrogen-bond acceptors (Lipinski definition) is 4. The lowest BCUT2D eigenvalue weighted by Crippen LogP contribution is -2.24. The van der Waals surface area contributed by atoms with Crippen LogP contribution in [0, 0.1) is 6.92 Å². The van der Waals surface area contributed by atoms with Gasteiger partial charge in [-0.15, -0.1) is 0 Å². The first kappa shape index (κ1) is 22.6. The number of ether oxygens (including phenoxy) is 1. The van der Waals surface area contributed by atoms with E-state index in [9.17, 15) is 8.42 Å². The van der Waals surface area contributed by atoms with Gasteiger partial charge in [-0.25, -0.2) is 18.1 Å². The summed E-state index contributed by atoms with van der Waals surface area (Å²) >= 11 is 12.8. The van der Waals surface area contributed by atoms with E-state index in [4.69, 9.17) is 27.9 Å². The molecule has 0 bridgehead atoms. The fraction of sp³-hybridized carbons (Fsp3) is 0.125. The number of para-hydroxylation sites is 1. The second-order valence-electron chi connectivity index (χ2n) is 7.22. The minimum atomic E-state index is -3.86. The Morgan fingerprint density at radius 1 is 0.938 bits per heavy atom. The highest BCUT2D eigenvalue weighted by Gasteiger charge is 2.22. The summed E-state index contributed by atoms with van der Waals surface area (Å²) in [6.45, 7) is 2.05. The van der Waals surface area contributed by atoms with Crippen LogP contribution in [-0.2, 0) is 23.2 Å². The van der Waals surface area contributed by atoms with Crippen molar-refractivity contribution in [1.29, 1.82) is 0 Å². The fourth-order valence-electron chi connectivity index (χ4n) is 3.25. The average molecular weight is 487 g/mol. The van der Waals surface area contributed by atoms with E-state index in [0.717, 1.165) is 16.6 Å². The number of halogens is 2. The van der Waals surface area contributed by atoms with E-state index >= 15 is 0 Å². The minimum absolute atomic E-state index is 0.00551. The third kappa shape index (κ3) is 4.89. The number of hydrogen-bond donors (Lipinski definition) is 1. The molecule has 0 aliphatic heterocycles. The van der Waals surface area contributed by atoms with Gasteiger partial charge in [0.05, 0.1) is 5.02 Å². The molecule has 0 saturated heterocycles. The first-order chi connectivity index (χ1) is 15.3. The number of benzene rings is 3. The van der Waals surface area contributed by atoms with Crippen LogP contribution in [0.4, 0.5) is 0 Å². The maximum Gasteiger partial charge on any atom is 0.242 e. The predicted molar refractivity (Wildman–Crippen MR) is 128 cm³/mol. The molecule has 1 heterocycles. The molecule has 0 saturated carbocycles. The first-order valence-corrected chi connectivity index (χ1v) is 12.1. The number of fused-ring (bicyclic) bond motifs is 1. The lowest BCUT2D eigenvalue weighted by Gasteiger charge is -2.15. The van der Waals surface area contributed by atoms with E-state index in [0.29, 0.717) is 21.9 Å². The van der Waals surface area contributed by atoms with Crippen molar-refractivity contribution in [2.75, 3.05) is 0 Å². The lowest BCUT2D eigenvalue weighted by molar-refractivity contribution is 0.309. The number of aryl methyl sites for hydroxylation is 1. The Morgan fingerprint density at radius 2 is 1.72 bits per heavy atom. The maximum absolute atomic E-state index is 12.9. The van der Waals surface area contributed by atoms with Crippen molar-refractivity contribution in [2.45, 2.75) is 25.0 Å². The van der Waals surface area contributed by atoms with E-state index < -0.39 is 10.0 Å². The number of rotatable bonds is 7. The Labute approximate surface area is 197 Å². The van der Waals surface area contributed by atoms with Gasteiger partial charge in [0, 0.05) is 28.2 Å². The van der Waals surface area contributed by atoms with Gasteiger partial charge in [-0.3, -0.25) is 0 Å². The number of pyridine rings is 1. The Kier molecular flexibility index (Phi) is 6.67. The van der Waals surface area contributed by atoms with Gasteiger partial charge in [0.2, 0.25) is 10.0 Å². The van der Waals surface area contributed by atoms with Crippen molar-refractivity contribution in [3.8, 4) is 5.75 Å². The van der Waals surface area contributed by atoms with E-state index in [2.05, 4.69) is 9.71 Å². The van der Waals surface area contributed by atoms with Gasteiger partial charge in [0.15, 0.2) is 0 Å². The summed E-state index contributed by atoms with van der Waals surface area (Å²) in [5.41, 5.74) is 2.80. The smallest absolute Gasteiger partial charge is 0.242 e. The summed E-state index contributed by atoms with van der Waals surface area (Å²) in [4.78, 5) is 4.49. The number of nitrogens with zero attached hydrogens (tertiary/aromatic N) is 1. The second-order valence-corrected chi connectivity index (χ2v) is 9.74. The summed E-state index contributed by atoms with van der Waals surface area (Å²) in [6, 6.07) is 21.6. The SMILES string of the molecule is Cc1ccc2cccc(OCc3c(Cl)ccc(S(=O)(=O)NCc4ccccc4)c3Cl)c2n1. The molecule has 164 valence electrons. The highest BCUT2D eigenvalue weighted by molar-refractivity contribution is 7.89. The van der Waals surface area contributed by atoms with Crippen LogP contribution in [0.2, 0.25) is 10.0 Å². The van der Waals surface area contributed by atoms with Crippen molar-refractivity contribution >= 4 is 44.1 Å². The predicted octanol–water partition coefficient (Wildman–Crippen LogP) is 5.91. The summed E-state index contributed by atoms with van der Waals surface area (Å²) in [7, 11) is -3.86. The molecular formula is C24H20Cl2N2O3S. The van der Waals surface area contributed by atoms with Gasteiger partial charge in [0.1, 0.15) is 22.8 Å². The zero-order valence-electron chi connectivity index (χ0n) is 17.2. The molecule has 0 aliphatic rings.